The zero-order chi connectivity index (χ0) is 11.7. The maximum atomic E-state index is 11.4. The monoisotopic (exact) mass is 240 g/mol. The van der Waals surface area contributed by atoms with Crippen molar-refractivity contribution in [3.05, 3.63) is 27.8 Å². The van der Waals surface area contributed by atoms with Gasteiger partial charge >= 0.3 is 10.8 Å². The Morgan fingerprint density at radius 2 is 2.44 bits per heavy atom. The normalized spacial score (nSPS) is 10.6. The molecule has 2 rings (SSSR count). The van der Waals surface area contributed by atoms with E-state index in [9.17, 15) is 9.59 Å². The molecule has 0 aliphatic rings. The molecule has 2 heterocycles. The smallest absolute Gasteiger partial charge is 0.323 e. The van der Waals surface area contributed by atoms with Crippen LogP contribution in [0.3, 0.4) is 0 Å². The van der Waals surface area contributed by atoms with Gasteiger partial charge in [0.1, 0.15) is 12.3 Å². The van der Waals surface area contributed by atoms with E-state index in [1.165, 1.54) is 12.4 Å². The molecule has 0 fully saturated rings. The summed E-state index contributed by atoms with van der Waals surface area (Å²) in [5, 5.41) is 12.2. The molecule has 0 radical (unpaired) electrons. The SMILES string of the molecule is Cc1oncc1-c1cn(CC(=O)O)c(=O)s1. The number of aliphatic carboxylic acids is 1. The minimum Gasteiger partial charge on any atom is -0.480 e. The first-order valence-corrected chi connectivity index (χ1v) is 5.23. The van der Waals surface area contributed by atoms with Gasteiger partial charge in [0.15, 0.2) is 0 Å². The quantitative estimate of drug-likeness (QED) is 0.863. The Morgan fingerprint density at radius 3 is 3.00 bits per heavy atom. The van der Waals surface area contributed by atoms with Crippen molar-refractivity contribution in [3.63, 3.8) is 0 Å². The lowest BCUT2D eigenvalue weighted by atomic mass is 10.2. The van der Waals surface area contributed by atoms with Crippen LogP contribution in [-0.4, -0.2) is 20.8 Å². The molecule has 0 atom stereocenters. The minimum atomic E-state index is -1.05. The summed E-state index contributed by atoms with van der Waals surface area (Å²) in [6, 6.07) is 0. The predicted molar refractivity (Wildman–Crippen MR) is 56.4 cm³/mol. The topological polar surface area (TPSA) is 85.3 Å². The summed E-state index contributed by atoms with van der Waals surface area (Å²) in [7, 11) is 0. The standard InChI is InChI=1S/C9H8N2O4S/c1-5-6(2-10-15-5)7-3-11(4-8(12)13)9(14)16-7/h2-3H,4H2,1H3,(H,12,13). The van der Waals surface area contributed by atoms with Crippen LogP contribution in [0.4, 0.5) is 0 Å². The summed E-state index contributed by atoms with van der Waals surface area (Å²) in [5.74, 6) is -0.447. The molecule has 6 nitrogen and oxygen atoms in total. The number of nitrogens with zero attached hydrogens (tertiary/aromatic N) is 2. The third kappa shape index (κ3) is 1.89. The van der Waals surface area contributed by atoms with E-state index in [4.69, 9.17) is 9.63 Å². The molecule has 0 saturated heterocycles. The van der Waals surface area contributed by atoms with Gasteiger partial charge in [0.05, 0.1) is 16.6 Å². The van der Waals surface area contributed by atoms with Crippen LogP contribution in [0, 0.1) is 6.92 Å². The van der Waals surface area contributed by atoms with Gasteiger partial charge in [0, 0.05) is 6.20 Å². The van der Waals surface area contributed by atoms with E-state index < -0.39 is 5.97 Å². The van der Waals surface area contributed by atoms with Gasteiger partial charge in [-0.05, 0) is 6.92 Å². The Labute approximate surface area is 93.7 Å². The molecule has 16 heavy (non-hydrogen) atoms. The third-order valence-corrected chi connectivity index (χ3v) is 2.98. The zero-order valence-electron chi connectivity index (χ0n) is 8.34. The molecule has 2 aromatic heterocycles. The van der Waals surface area contributed by atoms with Gasteiger partial charge in [-0.15, -0.1) is 0 Å². The highest BCUT2D eigenvalue weighted by atomic mass is 32.1. The molecular weight excluding hydrogens is 232 g/mol. The van der Waals surface area contributed by atoms with Crippen LogP contribution in [0.25, 0.3) is 10.4 Å². The molecule has 2 aromatic rings. The average Bonchev–Trinajstić information content (AvgIpc) is 2.73. The van der Waals surface area contributed by atoms with Gasteiger partial charge in [0.2, 0.25) is 0 Å². The third-order valence-electron chi connectivity index (χ3n) is 2.03. The van der Waals surface area contributed by atoms with Crippen molar-refractivity contribution in [2.45, 2.75) is 13.5 Å². The number of aryl methyl sites for hydroxylation is 1. The summed E-state index contributed by atoms with van der Waals surface area (Å²) in [6.07, 6.45) is 3.01. The first-order chi connectivity index (χ1) is 7.58. The fourth-order valence-electron chi connectivity index (χ4n) is 1.29. The Kier molecular flexibility index (Phi) is 2.61. The lowest BCUT2D eigenvalue weighted by molar-refractivity contribution is -0.137. The molecule has 0 unspecified atom stereocenters. The van der Waals surface area contributed by atoms with E-state index >= 15 is 0 Å². The van der Waals surface area contributed by atoms with Crippen molar-refractivity contribution in [1.29, 1.82) is 0 Å². The van der Waals surface area contributed by atoms with Crippen molar-refractivity contribution >= 4 is 17.3 Å². The Morgan fingerprint density at radius 1 is 1.69 bits per heavy atom. The van der Waals surface area contributed by atoms with E-state index in [1.54, 1.807) is 6.92 Å². The summed E-state index contributed by atoms with van der Waals surface area (Å²) in [5.41, 5.74) is 0.714. The van der Waals surface area contributed by atoms with E-state index in [1.807, 2.05) is 0 Å². The van der Waals surface area contributed by atoms with Crippen molar-refractivity contribution in [2.24, 2.45) is 0 Å². The number of hydrogen-bond acceptors (Lipinski definition) is 5. The van der Waals surface area contributed by atoms with Crippen molar-refractivity contribution in [3.8, 4) is 10.4 Å². The number of carbonyl (C=O) groups is 1. The Hall–Kier alpha value is -1.89. The Bertz CT molecular complexity index is 580. The first-order valence-electron chi connectivity index (χ1n) is 4.41. The second-order valence-electron chi connectivity index (χ2n) is 3.18. The molecule has 0 aliphatic carbocycles. The van der Waals surface area contributed by atoms with Gasteiger partial charge in [0.25, 0.3) is 0 Å². The molecular formula is C9H8N2O4S. The largest absolute Gasteiger partial charge is 0.480 e. The maximum Gasteiger partial charge on any atom is 0.323 e. The van der Waals surface area contributed by atoms with Crippen LogP contribution < -0.4 is 4.87 Å². The molecule has 1 N–H and O–H groups in total. The summed E-state index contributed by atoms with van der Waals surface area (Å²) in [6.45, 7) is 1.40. The lowest BCUT2D eigenvalue weighted by Crippen LogP contribution is -2.17. The number of rotatable bonds is 3. The lowest BCUT2D eigenvalue weighted by Gasteiger charge is -1.93. The number of carboxylic acid groups (broad SMARTS) is 1. The maximum absolute atomic E-state index is 11.4. The molecule has 0 bridgehead atoms. The van der Waals surface area contributed by atoms with Gasteiger partial charge in [-0.3, -0.25) is 14.2 Å². The van der Waals surface area contributed by atoms with Gasteiger partial charge < -0.3 is 9.63 Å². The molecule has 0 aromatic carbocycles. The zero-order valence-corrected chi connectivity index (χ0v) is 9.15. The van der Waals surface area contributed by atoms with E-state index in [2.05, 4.69) is 5.16 Å². The van der Waals surface area contributed by atoms with Crippen LogP contribution in [-0.2, 0) is 11.3 Å². The van der Waals surface area contributed by atoms with E-state index in [0.717, 1.165) is 15.9 Å². The predicted octanol–water partition coefficient (Wildman–Crippen LogP) is 0.958. The van der Waals surface area contributed by atoms with Gasteiger partial charge in [-0.2, -0.15) is 0 Å². The van der Waals surface area contributed by atoms with Gasteiger partial charge in [-0.25, -0.2) is 0 Å². The van der Waals surface area contributed by atoms with Crippen LogP contribution in [0.5, 0.6) is 0 Å². The van der Waals surface area contributed by atoms with Crippen molar-refractivity contribution in [1.82, 2.24) is 9.72 Å². The molecule has 0 spiro atoms. The molecule has 84 valence electrons. The molecule has 7 heteroatoms. The number of hydrogen-bond donors (Lipinski definition) is 1. The first kappa shape index (κ1) is 10.6. The summed E-state index contributed by atoms with van der Waals surface area (Å²) >= 11 is 0.972. The van der Waals surface area contributed by atoms with Gasteiger partial charge in [-0.1, -0.05) is 16.5 Å². The van der Waals surface area contributed by atoms with E-state index in [0.29, 0.717) is 16.2 Å². The highest BCUT2D eigenvalue weighted by Gasteiger charge is 2.12. The highest BCUT2D eigenvalue weighted by molar-refractivity contribution is 7.12. The number of carboxylic acids is 1. The second-order valence-corrected chi connectivity index (χ2v) is 4.17. The summed E-state index contributed by atoms with van der Waals surface area (Å²) < 4.78 is 6.03. The van der Waals surface area contributed by atoms with Crippen LogP contribution in [0.2, 0.25) is 0 Å². The van der Waals surface area contributed by atoms with E-state index in [-0.39, 0.29) is 11.4 Å². The fraction of sp³-hybridized carbons (Fsp3) is 0.222. The second kappa shape index (κ2) is 3.93. The molecule has 0 saturated carbocycles. The Balaban J connectivity index is 2.42. The van der Waals surface area contributed by atoms with Crippen molar-refractivity contribution < 1.29 is 14.4 Å². The van der Waals surface area contributed by atoms with Crippen LogP contribution in [0.15, 0.2) is 21.7 Å². The molecule has 0 amide bonds. The van der Waals surface area contributed by atoms with Crippen molar-refractivity contribution in [2.75, 3.05) is 0 Å². The number of aromatic nitrogens is 2. The highest BCUT2D eigenvalue weighted by Crippen LogP contribution is 2.24. The minimum absolute atomic E-state index is 0.307. The van der Waals surface area contributed by atoms with Crippen LogP contribution in [0.1, 0.15) is 5.76 Å². The molecule has 0 aliphatic heterocycles. The average molecular weight is 240 g/mol. The summed E-state index contributed by atoms with van der Waals surface area (Å²) in [4.78, 5) is 22.3. The van der Waals surface area contributed by atoms with Crippen LogP contribution >= 0.6 is 11.3 Å². The fourth-order valence-corrected chi connectivity index (χ4v) is 2.20. The number of thiazole rings is 1.